The Bertz CT molecular complexity index is 1260. The number of carbonyl (C=O) groups excluding carboxylic acids is 1. The van der Waals surface area contributed by atoms with Crippen LogP contribution in [0.3, 0.4) is 0 Å². The molecule has 0 radical (unpaired) electrons. The number of benzene rings is 2. The van der Waals surface area contributed by atoms with Gasteiger partial charge in [-0.1, -0.05) is 55.9 Å². The molecule has 0 bridgehead atoms. The van der Waals surface area contributed by atoms with E-state index in [2.05, 4.69) is 46.5 Å². The van der Waals surface area contributed by atoms with Crippen LogP contribution in [0, 0.1) is 0 Å². The van der Waals surface area contributed by atoms with Crippen LogP contribution in [0.5, 0.6) is 5.75 Å². The average molecular weight is 474 g/mol. The Morgan fingerprint density at radius 3 is 2.71 bits per heavy atom. The van der Waals surface area contributed by atoms with Crippen LogP contribution < -0.4 is 10.1 Å². The molecule has 34 heavy (non-hydrogen) atoms. The zero-order valence-electron chi connectivity index (χ0n) is 19.4. The number of ether oxygens (including phenoxy) is 1. The highest BCUT2D eigenvalue weighted by molar-refractivity contribution is 7.99. The highest BCUT2D eigenvalue weighted by atomic mass is 32.2. The molecule has 0 fully saturated rings. The summed E-state index contributed by atoms with van der Waals surface area (Å²) in [6, 6.07) is 19.7. The fraction of sp³-hybridized carbons (Fsp3) is 0.231. The van der Waals surface area contributed by atoms with Crippen LogP contribution in [0.4, 0.5) is 0 Å². The van der Waals surface area contributed by atoms with Gasteiger partial charge in [0.1, 0.15) is 5.75 Å². The smallest absolute Gasteiger partial charge is 0.230 e. The number of rotatable bonds is 9. The molecular weight excluding hydrogens is 446 g/mol. The van der Waals surface area contributed by atoms with Gasteiger partial charge in [0.05, 0.1) is 18.6 Å². The lowest BCUT2D eigenvalue weighted by molar-refractivity contribution is -0.118. The summed E-state index contributed by atoms with van der Waals surface area (Å²) in [6.07, 6.45) is 3.50. The first-order valence-electron chi connectivity index (χ1n) is 11.0. The maximum Gasteiger partial charge on any atom is 0.230 e. The van der Waals surface area contributed by atoms with E-state index in [-0.39, 0.29) is 11.7 Å². The molecule has 1 amide bonds. The van der Waals surface area contributed by atoms with Crippen molar-refractivity contribution in [2.75, 3.05) is 12.9 Å². The largest absolute Gasteiger partial charge is 0.497 e. The first-order valence-corrected chi connectivity index (χ1v) is 12.0. The SMILES string of the molecule is COc1cccc(CNC(=O)CSc2nnc(-c3cccnc3)n2-c2ccccc2C(C)C)c1. The van der Waals surface area contributed by atoms with Gasteiger partial charge in [0.15, 0.2) is 11.0 Å². The third-order valence-corrected chi connectivity index (χ3v) is 6.24. The van der Waals surface area contributed by atoms with Crippen molar-refractivity contribution in [3.05, 3.63) is 84.2 Å². The van der Waals surface area contributed by atoms with Gasteiger partial charge in [-0.25, -0.2) is 0 Å². The number of carbonyl (C=O) groups is 1. The predicted octanol–water partition coefficient (Wildman–Crippen LogP) is 4.87. The molecule has 0 unspecified atom stereocenters. The molecule has 2 heterocycles. The lowest BCUT2D eigenvalue weighted by atomic mass is 10.0. The van der Waals surface area contributed by atoms with Crippen molar-refractivity contribution in [3.8, 4) is 22.8 Å². The Balaban J connectivity index is 1.56. The Labute approximate surface area is 203 Å². The average Bonchev–Trinajstić information content (AvgIpc) is 3.30. The van der Waals surface area contributed by atoms with Crippen LogP contribution >= 0.6 is 11.8 Å². The maximum absolute atomic E-state index is 12.6. The van der Waals surface area contributed by atoms with Crippen molar-refractivity contribution < 1.29 is 9.53 Å². The Hall–Kier alpha value is -3.65. The van der Waals surface area contributed by atoms with E-state index in [1.165, 1.54) is 17.3 Å². The van der Waals surface area contributed by atoms with Gasteiger partial charge >= 0.3 is 0 Å². The minimum atomic E-state index is -0.0811. The highest BCUT2D eigenvalue weighted by Gasteiger charge is 2.20. The van der Waals surface area contributed by atoms with E-state index in [1.807, 2.05) is 53.1 Å². The monoisotopic (exact) mass is 473 g/mol. The van der Waals surface area contributed by atoms with E-state index in [1.54, 1.807) is 19.5 Å². The number of hydrogen-bond donors (Lipinski definition) is 1. The van der Waals surface area contributed by atoms with Crippen molar-refractivity contribution in [1.29, 1.82) is 0 Å². The van der Waals surface area contributed by atoms with Crippen molar-refractivity contribution in [2.45, 2.75) is 31.5 Å². The summed E-state index contributed by atoms with van der Waals surface area (Å²) in [7, 11) is 1.63. The van der Waals surface area contributed by atoms with Crippen molar-refractivity contribution in [1.82, 2.24) is 25.1 Å². The van der Waals surface area contributed by atoms with Gasteiger partial charge in [-0.05, 0) is 47.4 Å². The van der Waals surface area contributed by atoms with Crippen LogP contribution in [0.2, 0.25) is 0 Å². The summed E-state index contributed by atoms with van der Waals surface area (Å²) in [5, 5.41) is 12.5. The summed E-state index contributed by atoms with van der Waals surface area (Å²) in [4.78, 5) is 16.9. The van der Waals surface area contributed by atoms with E-state index in [9.17, 15) is 4.79 Å². The van der Waals surface area contributed by atoms with E-state index < -0.39 is 0 Å². The number of thioether (sulfide) groups is 1. The molecule has 0 aliphatic carbocycles. The number of pyridine rings is 1. The number of hydrogen-bond acceptors (Lipinski definition) is 6. The van der Waals surface area contributed by atoms with E-state index in [0.717, 1.165) is 22.6 Å². The number of para-hydroxylation sites is 1. The minimum Gasteiger partial charge on any atom is -0.497 e. The van der Waals surface area contributed by atoms with Gasteiger partial charge in [0.25, 0.3) is 0 Å². The molecule has 4 rings (SSSR count). The van der Waals surface area contributed by atoms with Crippen molar-refractivity contribution >= 4 is 17.7 Å². The minimum absolute atomic E-state index is 0.0811. The fourth-order valence-corrected chi connectivity index (χ4v) is 4.38. The lowest BCUT2D eigenvalue weighted by Crippen LogP contribution is -2.24. The maximum atomic E-state index is 12.6. The summed E-state index contributed by atoms with van der Waals surface area (Å²) in [6.45, 7) is 4.75. The van der Waals surface area contributed by atoms with E-state index in [0.29, 0.717) is 23.4 Å². The number of nitrogens with zero attached hydrogens (tertiary/aromatic N) is 4. The highest BCUT2D eigenvalue weighted by Crippen LogP contribution is 2.31. The molecule has 0 aliphatic rings. The molecule has 0 aliphatic heterocycles. The standard InChI is InChI=1S/C26H27N5O2S/c1-18(2)22-11-4-5-12-23(22)31-25(20-9-7-13-27-16-20)29-30-26(31)34-17-24(32)28-15-19-8-6-10-21(14-19)33-3/h4-14,16,18H,15,17H2,1-3H3,(H,28,32). The third kappa shape index (κ3) is 5.46. The quantitative estimate of drug-likeness (QED) is 0.349. The normalized spacial score (nSPS) is 10.9. The summed E-state index contributed by atoms with van der Waals surface area (Å²) < 4.78 is 7.27. The Morgan fingerprint density at radius 1 is 1.09 bits per heavy atom. The van der Waals surface area contributed by atoms with Gasteiger partial charge < -0.3 is 10.1 Å². The zero-order valence-corrected chi connectivity index (χ0v) is 20.2. The van der Waals surface area contributed by atoms with Crippen molar-refractivity contribution in [3.63, 3.8) is 0 Å². The first kappa shape index (κ1) is 23.5. The molecule has 0 saturated heterocycles. The second-order valence-electron chi connectivity index (χ2n) is 8.01. The van der Waals surface area contributed by atoms with Crippen LogP contribution in [0.25, 0.3) is 17.1 Å². The number of amides is 1. The molecule has 0 atom stereocenters. The first-order chi connectivity index (χ1) is 16.6. The Kier molecular flexibility index (Phi) is 7.59. The molecule has 8 heteroatoms. The van der Waals surface area contributed by atoms with E-state index >= 15 is 0 Å². The molecule has 7 nitrogen and oxygen atoms in total. The van der Waals surface area contributed by atoms with Gasteiger partial charge in [0.2, 0.25) is 5.91 Å². The number of nitrogens with one attached hydrogen (secondary N) is 1. The molecule has 2 aromatic carbocycles. The molecular formula is C26H27N5O2S. The Morgan fingerprint density at radius 2 is 1.94 bits per heavy atom. The third-order valence-electron chi connectivity index (χ3n) is 5.31. The number of aromatic nitrogens is 4. The van der Waals surface area contributed by atoms with Crippen LogP contribution in [-0.2, 0) is 11.3 Å². The number of methoxy groups -OCH3 is 1. The second-order valence-corrected chi connectivity index (χ2v) is 8.96. The lowest BCUT2D eigenvalue weighted by Gasteiger charge is -2.16. The van der Waals surface area contributed by atoms with E-state index in [4.69, 9.17) is 4.74 Å². The van der Waals surface area contributed by atoms with Gasteiger partial charge in [-0.3, -0.25) is 14.3 Å². The van der Waals surface area contributed by atoms with Crippen LogP contribution in [0.15, 0.2) is 78.2 Å². The molecule has 0 saturated carbocycles. The molecule has 174 valence electrons. The predicted molar refractivity (Wildman–Crippen MR) is 134 cm³/mol. The zero-order chi connectivity index (χ0) is 23.9. The summed E-state index contributed by atoms with van der Waals surface area (Å²) in [5.74, 6) is 1.91. The van der Waals surface area contributed by atoms with Crippen LogP contribution in [0.1, 0.15) is 30.9 Å². The van der Waals surface area contributed by atoms with Gasteiger partial charge in [-0.15, -0.1) is 10.2 Å². The molecule has 1 N–H and O–H groups in total. The van der Waals surface area contributed by atoms with Crippen molar-refractivity contribution in [2.24, 2.45) is 0 Å². The van der Waals surface area contributed by atoms with Gasteiger partial charge in [-0.2, -0.15) is 0 Å². The van der Waals surface area contributed by atoms with Gasteiger partial charge in [0, 0.05) is 24.5 Å². The topological polar surface area (TPSA) is 81.9 Å². The molecule has 0 spiro atoms. The fourth-order valence-electron chi connectivity index (χ4n) is 3.61. The molecule has 4 aromatic rings. The summed E-state index contributed by atoms with van der Waals surface area (Å²) in [5.41, 5.74) is 4.02. The second kappa shape index (κ2) is 11.0. The summed E-state index contributed by atoms with van der Waals surface area (Å²) >= 11 is 1.36. The van der Waals surface area contributed by atoms with Crippen LogP contribution in [-0.4, -0.2) is 38.5 Å². The molecule has 2 aromatic heterocycles.